The molecular formula is C12H16N4O3S. The average Bonchev–Trinajstić information content (AvgIpc) is 3.16. The van der Waals surface area contributed by atoms with Crippen molar-refractivity contribution >= 4 is 11.3 Å². The quantitative estimate of drug-likeness (QED) is 0.908. The molecule has 2 N–H and O–H groups in total. The lowest BCUT2D eigenvalue weighted by Crippen LogP contribution is -2.36. The first-order valence-corrected chi connectivity index (χ1v) is 7.27. The number of methoxy groups -OCH3 is 1. The van der Waals surface area contributed by atoms with Gasteiger partial charge < -0.3 is 19.7 Å². The minimum Gasteiger partial charge on any atom is -0.381 e. The number of rotatable bonds is 4. The van der Waals surface area contributed by atoms with Crippen molar-refractivity contribution in [3.63, 3.8) is 0 Å². The van der Waals surface area contributed by atoms with Crippen molar-refractivity contribution in [3.8, 4) is 11.6 Å². The maximum absolute atomic E-state index is 5.64. The Balaban J connectivity index is 1.88. The van der Waals surface area contributed by atoms with Crippen LogP contribution >= 0.6 is 11.3 Å². The van der Waals surface area contributed by atoms with Gasteiger partial charge in [0, 0.05) is 45.1 Å². The summed E-state index contributed by atoms with van der Waals surface area (Å²) in [5.41, 5.74) is 5.69. The summed E-state index contributed by atoms with van der Waals surface area (Å²) in [6.07, 6.45) is 1.43. The van der Waals surface area contributed by atoms with Crippen LogP contribution in [0.3, 0.4) is 0 Å². The second-order valence-corrected chi connectivity index (χ2v) is 5.51. The van der Waals surface area contributed by atoms with Crippen LogP contribution in [0.1, 0.15) is 23.7 Å². The molecule has 3 heterocycles. The molecule has 1 fully saturated rings. The Labute approximate surface area is 120 Å². The Hall–Kier alpha value is -1.35. The minimum atomic E-state index is -0.521. The first-order chi connectivity index (χ1) is 9.77. The first kappa shape index (κ1) is 13.6. The Morgan fingerprint density at radius 2 is 2.20 bits per heavy atom. The normalized spacial score (nSPS) is 18.3. The summed E-state index contributed by atoms with van der Waals surface area (Å²) in [6, 6.07) is 0. The lowest BCUT2D eigenvalue weighted by molar-refractivity contribution is -0.101. The maximum atomic E-state index is 5.64. The van der Waals surface area contributed by atoms with Crippen LogP contribution in [0.25, 0.3) is 11.6 Å². The van der Waals surface area contributed by atoms with E-state index in [4.69, 9.17) is 19.7 Å². The molecule has 0 aliphatic carbocycles. The molecule has 108 valence electrons. The number of aromatic nitrogens is 3. The smallest absolute Gasteiger partial charge is 0.277 e. The van der Waals surface area contributed by atoms with Crippen LogP contribution in [-0.4, -0.2) is 35.4 Å². The number of hydrogen-bond donors (Lipinski definition) is 1. The molecule has 0 saturated carbocycles. The summed E-state index contributed by atoms with van der Waals surface area (Å²) in [5, 5.41) is 6.77. The summed E-state index contributed by atoms with van der Waals surface area (Å²) >= 11 is 1.48. The molecule has 0 radical (unpaired) electrons. The van der Waals surface area contributed by atoms with Gasteiger partial charge in [0.05, 0.1) is 0 Å². The van der Waals surface area contributed by atoms with Crippen LogP contribution in [0.2, 0.25) is 0 Å². The molecular weight excluding hydrogens is 280 g/mol. The predicted molar refractivity (Wildman–Crippen MR) is 72.0 cm³/mol. The van der Waals surface area contributed by atoms with Crippen LogP contribution in [0.15, 0.2) is 9.90 Å². The van der Waals surface area contributed by atoms with Crippen molar-refractivity contribution in [2.75, 3.05) is 20.3 Å². The van der Waals surface area contributed by atoms with Crippen LogP contribution in [0, 0.1) is 0 Å². The van der Waals surface area contributed by atoms with Gasteiger partial charge in [0.2, 0.25) is 5.82 Å². The topological polar surface area (TPSA) is 96.3 Å². The second kappa shape index (κ2) is 5.57. The fourth-order valence-corrected chi connectivity index (χ4v) is 2.88. The highest BCUT2D eigenvalue weighted by Gasteiger charge is 2.39. The van der Waals surface area contributed by atoms with E-state index < -0.39 is 5.60 Å². The van der Waals surface area contributed by atoms with Gasteiger partial charge in [-0.1, -0.05) is 5.16 Å². The van der Waals surface area contributed by atoms with Crippen LogP contribution in [0.4, 0.5) is 0 Å². The predicted octanol–water partition coefficient (Wildman–Crippen LogP) is 1.30. The van der Waals surface area contributed by atoms with E-state index in [1.54, 1.807) is 7.11 Å². The molecule has 8 heteroatoms. The van der Waals surface area contributed by atoms with E-state index >= 15 is 0 Å². The summed E-state index contributed by atoms with van der Waals surface area (Å²) in [5.74, 6) is 0.958. The Bertz CT molecular complexity index is 577. The third-order valence-electron chi connectivity index (χ3n) is 3.47. The monoisotopic (exact) mass is 296 g/mol. The molecule has 0 unspecified atom stereocenters. The van der Waals surface area contributed by atoms with Gasteiger partial charge in [0.1, 0.15) is 16.3 Å². The van der Waals surface area contributed by atoms with E-state index in [0.29, 0.717) is 50.0 Å². The van der Waals surface area contributed by atoms with Gasteiger partial charge in [-0.3, -0.25) is 0 Å². The molecule has 0 atom stereocenters. The van der Waals surface area contributed by atoms with E-state index in [9.17, 15) is 0 Å². The number of nitrogens with zero attached hydrogens (tertiary/aromatic N) is 3. The van der Waals surface area contributed by atoms with Gasteiger partial charge in [0.25, 0.3) is 5.89 Å². The SMILES string of the molecule is COC1(c2noc(-c3csc(CN)n3)n2)CCOCC1. The molecule has 7 nitrogen and oxygen atoms in total. The molecule has 1 saturated heterocycles. The highest BCUT2D eigenvalue weighted by molar-refractivity contribution is 7.09. The van der Waals surface area contributed by atoms with Gasteiger partial charge >= 0.3 is 0 Å². The van der Waals surface area contributed by atoms with E-state index in [1.165, 1.54) is 11.3 Å². The molecule has 0 aromatic carbocycles. The van der Waals surface area contributed by atoms with Crippen LogP contribution in [0.5, 0.6) is 0 Å². The number of hydrogen-bond acceptors (Lipinski definition) is 8. The molecule has 0 amide bonds. The van der Waals surface area contributed by atoms with Crippen molar-refractivity contribution in [3.05, 3.63) is 16.2 Å². The van der Waals surface area contributed by atoms with Crippen molar-refractivity contribution < 1.29 is 14.0 Å². The fourth-order valence-electron chi connectivity index (χ4n) is 2.24. The Morgan fingerprint density at radius 3 is 2.85 bits per heavy atom. The van der Waals surface area contributed by atoms with Crippen molar-refractivity contribution in [2.24, 2.45) is 5.73 Å². The molecule has 0 spiro atoms. The number of nitrogens with two attached hydrogens (primary N) is 1. The standard InChI is InChI=1S/C12H16N4O3S/c1-17-12(2-4-18-5-3-12)11-15-10(19-16-11)8-7-20-9(6-13)14-8/h7H,2-6,13H2,1H3. The fraction of sp³-hybridized carbons (Fsp3) is 0.583. The van der Waals surface area contributed by atoms with Gasteiger partial charge in [-0.2, -0.15) is 4.98 Å². The van der Waals surface area contributed by atoms with Crippen molar-refractivity contribution in [2.45, 2.75) is 25.0 Å². The van der Waals surface area contributed by atoms with Gasteiger partial charge in [-0.15, -0.1) is 11.3 Å². The van der Waals surface area contributed by atoms with Crippen molar-refractivity contribution in [1.29, 1.82) is 0 Å². The Kier molecular flexibility index (Phi) is 3.79. The lowest BCUT2D eigenvalue weighted by atomic mass is 9.93. The van der Waals surface area contributed by atoms with Gasteiger partial charge in [-0.25, -0.2) is 4.98 Å². The molecule has 1 aliphatic rings. The molecule has 0 bridgehead atoms. The third-order valence-corrected chi connectivity index (χ3v) is 4.34. The lowest BCUT2D eigenvalue weighted by Gasteiger charge is -2.32. The second-order valence-electron chi connectivity index (χ2n) is 4.56. The Morgan fingerprint density at radius 1 is 1.40 bits per heavy atom. The van der Waals surface area contributed by atoms with Crippen LogP contribution in [-0.2, 0) is 21.6 Å². The van der Waals surface area contributed by atoms with E-state index in [-0.39, 0.29) is 0 Å². The third kappa shape index (κ3) is 2.35. The highest BCUT2D eigenvalue weighted by Crippen LogP contribution is 2.34. The molecule has 1 aliphatic heterocycles. The van der Waals surface area contributed by atoms with E-state index in [2.05, 4.69) is 15.1 Å². The van der Waals surface area contributed by atoms with Crippen LogP contribution < -0.4 is 5.73 Å². The zero-order valence-corrected chi connectivity index (χ0v) is 12.0. The van der Waals surface area contributed by atoms with Gasteiger partial charge in [0.15, 0.2) is 0 Å². The summed E-state index contributed by atoms with van der Waals surface area (Å²) in [6.45, 7) is 1.67. The largest absolute Gasteiger partial charge is 0.381 e. The molecule has 2 aromatic rings. The number of ether oxygens (including phenoxy) is 2. The average molecular weight is 296 g/mol. The van der Waals surface area contributed by atoms with E-state index in [0.717, 1.165) is 5.01 Å². The van der Waals surface area contributed by atoms with Crippen molar-refractivity contribution in [1.82, 2.24) is 15.1 Å². The van der Waals surface area contributed by atoms with Gasteiger partial charge in [-0.05, 0) is 0 Å². The summed E-state index contributed by atoms with van der Waals surface area (Å²) < 4.78 is 16.3. The number of thiazole rings is 1. The first-order valence-electron chi connectivity index (χ1n) is 6.39. The molecule has 2 aromatic heterocycles. The summed E-state index contributed by atoms with van der Waals surface area (Å²) in [4.78, 5) is 8.78. The summed E-state index contributed by atoms with van der Waals surface area (Å²) in [7, 11) is 1.66. The molecule has 3 rings (SSSR count). The van der Waals surface area contributed by atoms with E-state index in [1.807, 2.05) is 5.38 Å². The minimum absolute atomic E-state index is 0.402. The zero-order valence-electron chi connectivity index (χ0n) is 11.2. The molecule has 20 heavy (non-hydrogen) atoms. The maximum Gasteiger partial charge on any atom is 0.277 e. The zero-order chi connectivity index (χ0) is 14.0. The highest BCUT2D eigenvalue weighted by atomic mass is 32.1.